The summed E-state index contributed by atoms with van der Waals surface area (Å²) in [4.78, 5) is 17.1. The molecule has 0 fully saturated rings. The molecule has 0 saturated heterocycles. The van der Waals surface area contributed by atoms with Crippen molar-refractivity contribution in [3.05, 3.63) is 72.2 Å². The smallest absolute Gasteiger partial charge is 0.293 e. The van der Waals surface area contributed by atoms with E-state index in [2.05, 4.69) is 10.3 Å². The Morgan fingerprint density at radius 1 is 1.13 bits per heavy atom. The summed E-state index contributed by atoms with van der Waals surface area (Å²) in [5, 5.41) is 3.11. The van der Waals surface area contributed by atoms with Gasteiger partial charge in [0.2, 0.25) is 0 Å². The number of anilines is 1. The van der Waals surface area contributed by atoms with Gasteiger partial charge in [-0.25, -0.2) is 13.4 Å². The van der Waals surface area contributed by atoms with Gasteiger partial charge in [-0.15, -0.1) is 0 Å². The fourth-order valence-corrected chi connectivity index (χ4v) is 5.01. The second kappa shape index (κ2) is 8.29. The molecule has 30 heavy (non-hydrogen) atoms. The number of thiazole rings is 1. The van der Waals surface area contributed by atoms with E-state index < -0.39 is 15.7 Å². The zero-order chi connectivity index (χ0) is 21.1. The Kier molecular flexibility index (Phi) is 5.56. The topological polar surface area (TPSA) is 98.5 Å². The van der Waals surface area contributed by atoms with Crippen LogP contribution in [0.1, 0.15) is 23.2 Å². The van der Waals surface area contributed by atoms with E-state index in [-0.39, 0.29) is 22.2 Å². The molecule has 0 radical (unpaired) electrons. The third kappa shape index (κ3) is 4.37. The minimum atomic E-state index is -3.56. The highest BCUT2D eigenvalue weighted by Crippen LogP contribution is 2.29. The van der Waals surface area contributed by atoms with Crippen LogP contribution in [-0.4, -0.2) is 25.9 Å². The SMILES string of the molecule is CCOc1ccc2nc(NC(=O)c3ccc(CS(=O)(=O)c4ccccc4)o3)sc2c1. The number of carbonyl (C=O) groups excluding carboxylic acids is 1. The summed E-state index contributed by atoms with van der Waals surface area (Å²) in [6, 6.07) is 16.6. The lowest BCUT2D eigenvalue weighted by Gasteiger charge is -2.02. The van der Waals surface area contributed by atoms with E-state index in [0.29, 0.717) is 11.7 Å². The average molecular weight is 443 g/mol. The normalized spacial score (nSPS) is 11.5. The van der Waals surface area contributed by atoms with Gasteiger partial charge in [0, 0.05) is 0 Å². The number of fused-ring (bicyclic) bond motifs is 1. The van der Waals surface area contributed by atoms with E-state index in [1.165, 1.54) is 35.6 Å². The Bertz CT molecular complexity index is 1290. The fraction of sp³-hybridized carbons (Fsp3) is 0.143. The molecule has 4 aromatic rings. The van der Waals surface area contributed by atoms with Crippen LogP contribution in [0.4, 0.5) is 5.13 Å². The monoisotopic (exact) mass is 442 g/mol. The minimum Gasteiger partial charge on any atom is -0.494 e. The first-order chi connectivity index (χ1) is 14.4. The average Bonchev–Trinajstić information content (AvgIpc) is 3.34. The molecule has 0 aliphatic heterocycles. The summed E-state index contributed by atoms with van der Waals surface area (Å²) >= 11 is 1.31. The molecule has 0 unspecified atom stereocenters. The lowest BCUT2D eigenvalue weighted by molar-refractivity contribution is 0.0995. The lowest BCUT2D eigenvalue weighted by atomic mass is 10.3. The molecular formula is C21H18N2O5S2. The number of amides is 1. The van der Waals surface area contributed by atoms with Crippen LogP contribution in [0, 0.1) is 0 Å². The molecule has 0 saturated carbocycles. The van der Waals surface area contributed by atoms with Gasteiger partial charge in [-0.05, 0) is 49.4 Å². The first-order valence-corrected chi connectivity index (χ1v) is 11.6. The van der Waals surface area contributed by atoms with Crippen molar-refractivity contribution >= 4 is 42.4 Å². The van der Waals surface area contributed by atoms with Crippen LogP contribution in [-0.2, 0) is 15.6 Å². The van der Waals surface area contributed by atoms with Gasteiger partial charge in [0.15, 0.2) is 20.7 Å². The first-order valence-electron chi connectivity index (χ1n) is 9.16. The molecule has 2 aromatic carbocycles. The number of nitrogens with one attached hydrogen (secondary N) is 1. The molecule has 0 aliphatic rings. The molecule has 4 rings (SSSR count). The number of carbonyl (C=O) groups is 1. The van der Waals surface area contributed by atoms with Crippen molar-refractivity contribution in [1.82, 2.24) is 4.98 Å². The summed E-state index contributed by atoms with van der Waals surface area (Å²) in [5.41, 5.74) is 0.743. The van der Waals surface area contributed by atoms with Gasteiger partial charge in [-0.3, -0.25) is 10.1 Å². The number of benzene rings is 2. The maximum absolute atomic E-state index is 12.5. The highest BCUT2D eigenvalue weighted by Gasteiger charge is 2.20. The van der Waals surface area contributed by atoms with Crippen LogP contribution in [0.15, 0.2) is 70.0 Å². The molecule has 1 amide bonds. The van der Waals surface area contributed by atoms with Crippen molar-refractivity contribution in [3.8, 4) is 5.75 Å². The number of nitrogens with zero attached hydrogens (tertiary/aromatic N) is 1. The summed E-state index contributed by atoms with van der Waals surface area (Å²) in [7, 11) is -3.56. The molecule has 0 spiro atoms. The van der Waals surface area contributed by atoms with E-state index in [1.54, 1.807) is 18.2 Å². The Hall–Kier alpha value is -3.17. The summed E-state index contributed by atoms with van der Waals surface area (Å²) in [6.07, 6.45) is 0. The van der Waals surface area contributed by atoms with Gasteiger partial charge in [0.05, 0.1) is 21.7 Å². The number of ether oxygens (including phenoxy) is 1. The summed E-state index contributed by atoms with van der Waals surface area (Å²) in [6.45, 7) is 2.47. The third-order valence-electron chi connectivity index (χ3n) is 4.21. The maximum atomic E-state index is 12.5. The number of aromatic nitrogens is 1. The number of sulfone groups is 1. The molecule has 154 valence electrons. The van der Waals surface area contributed by atoms with Crippen LogP contribution in [0.3, 0.4) is 0 Å². The van der Waals surface area contributed by atoms with E-state index in [4.69, 9.17) is 9.15 Å². The van der Waals surface area contributed by atoms with Gasteiger partial charge in [-0.2, -0.15) is 0 Å². The Morgan fingerprint density at radius 3 is 2.70 bits per heavy atom. The third-order valence-corrected chi connectivity index (χ3v) is 6.80. The van der Waals surface area contributed by atoms with Crippen LogP contribution >= 0.6 is 11.3 Å². The summed E-state index contributed by atoms with van der Waals surface area (Å²) < 4.78 is 36.8. The van der Waals surface area contributed by atoms with Crippen molar-refractivity contribution in [2.45, 2.75) is 17.6 Å². The molecule has 2 heterocycles. The number of furan rings is 1. The van der Waals surface area contributed by atoms with Crippen LogP contribution in [0.5, 0.6) is 5.75 Å². The molecule has 0 atom stereocenters. The van der Waals surface area contributed by atoms with E-state index >= 15 is 0 Å². The molecule has 0 aliphatic carbocycles. The van der Waals surface area contributed by atoms with Gasteiger partial charge in [0.1, 0.15) is 17.3 Å². The predicted molar refractivity (Wildman–Crippen MR) is 115 cm³/mol. The van der Waals surface area contributed by atoms with Gasteiger partial charge < -0.3 is 9.15 Å². The quantitative estimate of drug-likeness (QED) is 0.452. The van der Waals surface area contributed by atoms with Crippen LogP contribution < -0.4 is 10.1 Å². The van der Waals surface area contributed by atoms with Crippen molar-refractivity contribution < 1.29 is 22.4 Å². The van der Waals surface area contributed by atoms with Crippen LogP contribution in [0.2, 0.25) is 0 Å². The molecule has 1 N–H and O–H groups in total. The van der Waals surface area contributed by atoms with Gasteiger partial charge >= 0.3 is 0 Å². The second-order valence-electron chi connectivity index (χ2n) is 6.37. The molecule has 0 bridgehead atoms. The minimum absolute atomic E-state index is 0.0162. The summed E-state index contributed by atoms with van der Waals surface area (Å²) in [5.74, 6) is 0.118. The predicted octanol–water partition coefficient (Wildman–Crippen LogP) is 4.51. The highest BCUT2D eigenvalue weighted by atomic mass is 32.2. The number of hydrogen-bond acceptors (Lipinski definition) is 7. The second-order valence-corrected chi connectivity index (χ2v) is 9.39. The Labute approximate surface area is 177 Å². The van der Waals surface area contributed by atoms with Gasteiger partial charge in [-0.1, -0.05) is 29.5 Å². The molecule has 2 aromatic heterocycles. The largest absolute Gasteiger partial charge is 0.494 e. The number of rotatable bonds is 7. The van der Waals surface area contributed by atoms with Crippen molar-refractivity contribution in [3.63, 3.8) is 0 Å². The molecular weight excluding hydrogens is 424 g/mol. The highest BCUT2D eigenvalue weighted by molar-refractivity contribution is 7.90. The maximum Gasteiger partial charge on any atom is 0.293 e. The van der Waals surface area contributed by atoms with Crippen molar-refractivity contribution in [2.75, 3.05) is 11.9 Å². The van der Waals surface area contributed by atoms with Crippen LogP contribution in [0.25, 0.3) is 10.2 Å². The fourth-order valence-electron chi connectivity index (χ4n) is 2.85. The zero-order valence-corrected chi connectivity index (χ0v) is 17.6. The lowest BCUT2D eigenvalue weighted by Crippen LogP contribution is -2.10. The first kappa shape index (κ1) is 20.1. The van der Waals surface area contributed by atoms with E-state index in [0.717, 1.165) is 16.0 Å². The van der Waals surface area contributed by atoms with E-state index in [9.17, 15) is 13.2 Å². The Morgan fingerprint density at radius 2 is 1.93 bits per heavy atom. The van der Waals surface area contributed by atoms with Crippen molar-refractivity contribution in [1.29, 1.82) is 0 Å². The van der Waals surface area contributed by atoms with Gasteiger partial charge in [0.25, 0.3) is 5.91 Å². The van der Waals surface area contributed by atoms with Crippen molar-refractivity contribution in [2.24, 2.45) is 0 Å². The molecule has 9 heteroatoms. The van der Waals surface area contributed by atoms with E-state index in [1.807, 2.05) is 25.1 Å². The molecule has 7 nitrogen and oxygen atoms in total. The zero-order valence-electron chi connectivity index (χ0n) is 16.0. The standard InChI is InChI=1S/C21H18N2O5S2/c1-2-27-14-8-10-17-19(12-14)29-21(22-17)23-20(24)18-11-9-15(28-18)13-30(25,26)16-6-4-3-5-7-16/h3-12H,2,13H2,1H3,(H,22,23,24). The Balaban J connectivity index is 1.47. The number of hydrogen-bond donors (Lipinski definition) is 1.